The summed E-state index contributed by atoms with van der Waals surface area (Å²) in [6.07, 6.45) is 5.07. The Morgan fingerprint density at radius 1 is 0.742 bits per heavy atom. The molecule has 160 valence electrons. The van der Waals surface area contributed by atoms with Crippen molar-refractivity contribution in [3.8, 4) is 0 Å². The molecule has 4 heteroatoms. The standard InChI is InChI=1S/C27H30BBr2N/c1-5-6-7-8-13-31-25-11-9-21(29)16-23(25)28(24-17-22(30)10-12-26(24)31)27-19(3)14-18(2)15-20(27)4/h9-12,14-17H,5-8,13H2,1-4H3. The highest BCUT2D eigenvalue weighted by atomic mass is 79.9. The maximum Gasteiger partial charge on any atom is 0.247 e. The Balaban J connectivity index is 1.92. The van der Waals surface area contributed by atoms with Crippen molar-refractivity contribution in [2.75, 3.05) is 11.4 Å². The number of nitrogens with zero attached hydrogens (tertiary/aromatic N) is 1. The fourth-order valence-electron chi connectivity index (χ4n) is 5.20. The van der Waals surface area contributed by atoms with Gasteiger partial charge in [0.2, 0.25) is 6.71 Å². The van der Waals surface area contributed by atoms with Crippen molar-refractivity contribution < 1.29 is 0 Å². The molecule has 0 unspecified atom stereocenters. The number of halogens is 2. The van der Waals surface area contributed by atoms with E-state index >= 15 is 0 Å². The van der Waals surface area contributed by atoms with Gasteiger partial charge in [-0.15, -0.1) is 0 Å². The van der Waals surface area contributed by atoms with Crippen molar-refractivity contribution in [1.29, 1.82) is 0 Å². The van der Waals surface area contributed by atoms with Gasteiger partial charge in [0.05, 0.1) is 0 Å². The molecule has 1 aliphatic heterocycles. The van der Waals surface area contributed by atoms with E-state index in [4.69, 9.17) is 0 Å². The van der Waals surface area contributed by atoms with Crippen LogP contribution in [0.3, 0.4) is 0 Å². The molecule has 1 nitrogen and oxygen atoms in total. The van der Waals surface area contributed by atoms with Crippen molar-refractivity contribution in [2.45, 2.75) is 53.4 Å². The monoisotopic (exact) mass is 537 g/mol. The predicted octanol–water partition coefficient (Wildman–Crippen LogP) is 6.68. The van der Waals surface area contributed by atoms with E-state index in [1.165, 1.54) is 70.1 Å². The number of hydrogen-bond acceptors (Lipinski definition) is 1. The lowest BCUT2D eigenvalue weighted by atomic mass is 9.34. The molecule has 0 N–H and O–H groups in total. The lowest BCUT2D eigenvalue weighted by Crippen LogP contribution is -2.59. The summed E-state index contributed by atoms with van der Waals surface area (Å²) in [5.41, 5.74) is 11.0. The Labute approximate surface area is 204 Å². The van der Waals surface area contributed by atoms with E-state index in [0.29, 0.717) is 0 Å². The molecule has 31 heavy (non-hydrogen) atoms. The zero-order chi connectivity index (χ0) is 22.1. The van der Waals surface area contributed by atoms with Gasteiger partial charge in [-0.3, -0.25) is 0 Å². The number of benzene rings is 3. The van der Waals surface area contributed by atoms with Crippen LogP contribution >= 0.6 is 31.9 Å². The van der Waals surface area contributed by atoms with E-state index < -0.39 is 0 Å². The van der Waals surface area contributed by atoms with Crippen LogP contribution in [0.25, 0.3) is 0 Å². The first-order valence-electron chi connectivity index (χ1n) is 11.3. The van der Waals surface area contributed by atoms with E-state index in [9.17, 15) is 0 Å². The smallest absolute Gasteiger partial charge is 0.247 e. The Morgan fingerprint density at radius 2 is 1.29 bits per heavy atom. The van der Waals surface area contributed by atoms with E-state index in [-0.39, 0.29) is 6.71 Å². The van der Waals surface area contributed by atoms with Gasteiger partial charge in [0, 0.05) is 26.9 Å². The van der Waals surface area contributed by atoms with Crippen LogP contribution < -0.4 is 21.3 Å². The van der Waals surface area contributed by atoms with Crippen molar-refractivity contribution in [3.63, 3.8) is 0 Å². The van der Waals surface area contributed by atoms with Gasteiger partial charge >= 0.3 is 0 Å². The van der Waals surface area contributed by atoms with E-state index in [1.807, 2.05) is 0 Å². The minimum atomic E-state index is 0.229. The van der Waals surface area contributed by atoms with Crippen LogP contribution in [0.1, 0.15) is 49.3 Å². The molecule has 1 heterocycles. The van der Waals surface area contributed by atoms with E-state index in [2.05, 4.69) is 113 Å². The highest BCUT2D eigenvalue weighted by Crippen LogP contribution is 2.31. The Bertz CT molecular complexity index is 1030. The first kappa shape index (κ1) is 22.7. The molecule has 0 atom stereocenters. The molecular weight excluding hydrogens is 509 g/mol. The van der Waals surface area contributed by atoms with Gasteiger partial charge in [0.25, 0.3) is 0 Å². The maximum atomic E-state index is 3.76. The zero-order valence-electron chi connectivity index (χ0n) is 18.9. The molecule has 3 aromatic rings. The van der Waals surface area contributed by atoms with Crippen LogP contribution in [0.5, 0.6) is 0 Å². The lowest BCUT2D eigenvalue weighted by molar-refractivity contribution is 0.668. The molecule has 0 spiro atoms. The van der Waals surface area contributed by atoms with Crippen molar-refractivity contribution in [2.24, 2.45) is 0 Å². The second-order valence-corrected chi connectivity index (χ2v) is 10.7. The molecule has 4 rings (SSSR count). The summed E-state index contributed by atoms with van der Waals surface area (Å²) < 4.78 is 2.28. The summed E-state index contributed by atoms with van der Waals surface area (Å²) in [4.78, 5) is 2.55. The number of rotatable bonds is 6. The van der Waals surface area contributed by atoms with Crippen molar-refractivity contribution in [1.82, 2.24) is 0 Å². The predicted molar refractivity (Wildman–Crippen MR) is 145 cm³/mol. The Morgan fingerprint density at radius 3 is 1.81 bits per heavy atom. The summed E-state index contributed by atoms with van der Waals surface area (Å²) >= 11 is 7.52. The highest BCUT2D eigenvalue weighted by molar-refractivity contribution is 9.10. The number of hydrogen-bond donors (Lipinski definition) is 0. The minimum Gasteiger partial charge on any atom is -0.342 e. The fourth-order valence-corrected chi connectivity index (χ4v) is 5.95. The Kier molecular flexibility index (Phi) is 6.98. The van der Waals surface area contributed by atoms with Crippen molar-refractivity contribution >= 4 is 66.3 Å². The third-order valence-corrected chi connectivity index (χ3v) is 7.43. The van der Waals surface area contributed by atoms with Crippen LogP contribution in [0, 0.1) is 20.8 Å². The number of aryl methyl sites for hydroxylation is 3. The fraction of sp³-hybridized carbons (Fsp3) is 0.333. The molecule has 0 saturated carbocycles. The zero-order valence-corrected chi connectivity index (χ0v) is 22.1. The number of unbranched alkanes of at least 4 members (excludes halogenated alkanes) is 3. The molecule has 0 bridgehead atoms. The summed E-state index contributed by atoms with van der Waals surface area (Å²) in [5.74, 6) is 0. The first-order valence-corrected chi connectivity index (χ1v) is 12.9. The molecular formula is C27H30BBr2N. The van der Waals surface area contributed by atoms with E-state index in [1.54, 1.807) is 0 Å². The van der Waals surface area contributed by atoms with Gasteiger partial charge in [0.15, 0.2) is 0 Å². The lowest BCUT2D eigenvalue weighted by Gasteiger charge is -2.38. The number of anilines is 2. The van der Waals surface area contributed by atoms with Gasteiger partial charge in [-0.1, -0.05) is 104 Å². The number of fused-ring (bicyclic) bond motifs is 2. The third-order valence-electron chi connectivity index (χ3n) is 6.44. The second kappa shape index (κ2) is 9.54. The highest BCUT2D eigenvalue weighted by Gasteiger charge is 2.36. The first-order chi connectivity index (χ1) is 14.9. The molecule has 1 aliphatic rings. The summed E-state index contributed by atoms with van der Waals surface area (Å²) in [6, 6.07) is 18.3. The molecule has 0 aromatic heterocycles. The van der Waals surface area contributed by atoms with Crippen LogP contribution in [-0.2, 0) is 0 Å². The van der Waals surface area contributed by atoms with Crippen molar-refractivity contribution in [3.05, 3.63) is 74.2 Å². The second-order valence-electron chi connectivity index (χ2n) is 8.86. The summed E-state index contributed by atoms with van der Waals surface area (Å²) in [7, 11) is 0. The van der Waals surface area contributed by atoms with Gasteiger partial charge in [-0.25, -0.2) is 0 Å². The normalized spacial score (nSPS) is 12.7. The topological polar surface area (TPSA) is 3.24 Å². The molecule has 0 amide bonds. The molecule has 3 aromatic carbocycles. The molecule has 0 fully saturated rings. The van der Waals surface area contributed by atoms with Crippen LogP contribution in [0.4, 0.5) is 11.4 Å². The summed E-state index contributed by atoms with van der Waals surface area (Å²) in [6.45, 7) is 10.3. The quantitative estimate of drug-likeness (QED) is 0.250. The third kappa shape index (κ3) is 4.52. The minimum absolute atomic E-state index is 0.229. The average molecular weight is 539 g/mol. The van der Waals surface area contributed by atoms with Crippen LogP contribution in [0.15, 0.2) is 57.5 Å². The van der Waals surface area contributed by atoms with Crippen LogP contribution in [-0.4, -0.2) is 13.3 Å². The SMILES string of the molecule is CCCCCCN1c2ccc(Br)cc2B(c2c(C)cc(C)cc2C)c2cc(Br)ccc21. The Hall–Kier alpha value is -1.52. The molecule has 0 aliphatic carbocycles. The largest absolute Gasteiger partial charge is 0.342 e. The average Bonchev–Trinajstić information content (AvgIpc) is 2.71. The van der Waals surface area contributed by atoms with Gasteiger partial charge in [-0.05, 0) is 62.4 Å². The van der Waals surface area contributed by atoms with Gasteiger partial charge in [-0.2, -0.15) is 0 Å². The molecule has 0 saturated heterocycles. The maximum absolute atomic E-state index is 3.76. The van der Waals surface area contributed by atoms with E-state index in [0.717, 1.165) is 15.5 Å². The molecule has 0 radical (unpaired) electrons. The van der Waals surface area contributed by atoms with Crippen LogP contribution in [0.2, 0.25) is 0 Å². The summed E-state index contributed by atoms with van der Waals surface area (Å²) in [5, 5.41) is 0. The van der Waals surface area contributed by atoms with Gasteiger partial charge in [0.1, 0.15) is 0 Å². The van der Waals surface area contributed by atoms with Gasteiger partial charge < -0.3 is 4.90 Å².